The van der Waals surface area contributed by atoms with Crippen molar-refractivity contribution in [3.63, 3.8) is 0 Å². The normalized spacial score (nSPS) is 17.2. The van der Waals surface area contributed by atoms with Gasteiger partial charge in [0.05, 0.1) is 0 Å². The third-order valence-electron chi connectivity index (χ3n) is 4.19. The zero-order valence-corrected chi connectivity index (χ0v) is 12.5. The highest BCUT2D eigenvalue weighted by atomic mass is 15.2. The topological polar surface area (TPSA) is 28.2 Å². The van der Waals surface area contributed by atoms with Gasteiger partial charge < -0.3 is 10.2 Å². The van der Waals surface area contributed by atoms with Crippen LogP contribution in [0.3, 0.4) is 0 Å². The van der Waals surface area contributed by atoms with Gasteiger partial charge in [-0.25, -0.2) is 4.98 Å². The van der Waals surface area contributed by atoms with Crippen LogP contribution in [0.5, 0.6) is 0 Å². The van der Waals surface area contributed by atoms with E-state index in [0.29, 0.717) is 0 Å². The molecule has 3 heteroatoms. The molecule has 0 spiro atoms. The van der Waals surface area contributed by atoms with Gasteiger partial charge in [-0.1, -0.05) is 26.8 Å². The third kappa shape index (κ3) is 3.93. The van der Waals surface area contributed by atoms with Gasteiger partial charge in [-0.05, 0) is 42.9 Å². The number of nitrogens with zero attached hydrogens (tertiary/aromatic N) is 2. The van der Waals surface area contributed by atoms with Crippen molar-refractivity contribution in [2.24, 2.45) is 11.8 Å². The molecule has 1 aliphatic rings. The fraction of sp³-hybridized carbons (Fsp3) is 0.688. The molecule has 2 rings (SSSR count). The number of rotatable bonds is 5. The molecule has 0 saturated carbocycles. The second kappa shape index (κ2) is 6.90. The average molecular weight is 261 g/mol. The predicted molar refractivity (Wildman–Crippen MR) is 81.4 cm³/mol. The fourth-order valence-electron chi connectivity index (χ4n) is 2.77. The monoisotopic (exact) mass is 261 g/mol. The van der Waals surface area contributed by atoms with Gasteiger partial charge in [-0.3, -0.25) is 0 Å². The molecule has 0 amide bonds. The van der Waals surface area contributed by atoms with Crippen molar-refractivity contribution < 1.29 is 0 Å². The molecule has 0 aliphatic carbocycles. The summed E-state index contributed by atoms with van der Waals surface area (Å²) in [6.07, 6.45) is 4.61. The summed E-state index contributed by atoms with van der Waals surface area (Å²) >= 11 is 0. The van der Waals surface area contributed by atoms with Gasteiger partial charge >= 0.3 is 0 Å². The zero-order chi connectivity index (χ0) is 13.7. The van der Waals surface area contributed by atoms with Crippen LogP contribution in [0.1, 0.15) is 39.2 Å². The Hall–Kier alpha value is -1.09. The summed E-state index contributed by atoms with van der Waals surface area (Å²) in [4.78, 5) is 7.04. The van der Waals surface area contributed by atoms with Crippen molar-refractivity contribution in [3.05, 3.63) is 23.9 Å². The lowest BCUT2D eigenvalue weighted by molar-refractivity contribution is 0.310. The van der Waals surface area contributed by atoms with Crippen molar-refractivity contribution in [1.82, 2.24) is 10.3 Å². The van der Waals surface area contributed by atoms with E-state index in [1.54, 1.807) is 0 Å². The first kappa shape index (κ1) is 14.3. The minimum atomic E-state index is 0.817. The number of nitrogens with one attached hydrogen (secondary N) is 1. The molecule has 0 bridgehead atoms. The van der Waals surface area contributed by atoms with Gasteiger partial charge in [0.15, 0.2) is 0 Å². The molecule has 1 aromatic heterocycles. The summed E-state index contributed by atoms with van der Waals surface area (Å²) in [6, 6.07) is 4.36. The minimum absolute atomic E-state index is 0.817. The maximum atomic E-state index is 4.61. The van der Waals surface area contributed by atoms with Gasteiger partial charge in [0, 0.05) is 25.8 Å². The maximum absolute atomic E-state index is 4.61. The summed E-state index contributed by atoms with van der Waals surface area (Å²) in [5.41, 5.74) is 1.27. The summed E-state index contributed by atoms with van der Waals surface area (Å²) in [5.74, 6) is 2.85. The van der Waals surface area contributed by atoms with Crippen molar-refractivity contribution >= 4 is 5.82 Å². The van der Waals surface area contributed by atoms with E-state index >= 15 is 0 Å². The molecule has 0 atom stereocenters. The highest BCUT2D eigenvalue weighted by molar-refractivity contribution is 5.39. The van der Waals surface area contributed by atoms with E-state index in [1.807, 2.05) is 6.20 Å². The van der Waals surface area contributed by atoms with Crippen molar-refractivity contribution in [2.75, 3.05) is 24.5 Å². The largest absolute Gasteiger partial charge is 0.357 e. The number of pyridine rings is 1. The van der Waals surface area contributed by atoms with Gasteiger partial charge in [0.25, 0.3) is 0 Å². The molecule has 1 aromatic rings. The SMILES string of the molecule is CCNCc1ccc(N2CCC(C(C)C)CC2)nc1. The van der Waals surface area contributed by atoms with Crippen LogP contribution in [0, 0.1) is 11.8 Å². The van der Waals surface area contributed by atoms with E-state index in [1.165, 1.54) is 18.4 Å². The lowest BCUT2D eigenvalue weighted by atomic mass is 9.87. The third-order valence-corrected chi connectivity index (χ3v) is 4.19. The minimum Gasteiger partial charge on any atom is -0.357 e. The Kier molecular flexibility index (Phi) is 5.20. The van der Waals surface area contributed by atoms with Gasteiger partial charge in [0.2, 0.25) is 0 Å². The first-order chi connectivity index (χ1) is 9.20. The molecule has 1 aliphatic heterocycles. The lowest BCUT2D eigenvalue weighted by Crippen LogP contribution is -2.35. The van der Waals surface area contributed by atoms with Gasteiger partial charge in [0.1, 0.15) is 5.82 Å². The zero-order valence-electron chi connectivity index (χ0n) is 12.5. The van der Waals surface area contributed by atoms with Crippen LogP contribution in [0.2, 0.25) is 0 Å². The number of hydrogen-bond acceptors (Lipinski definition) is 3. The highest BCUT2D eigenvalue weighted by Crippen LogP contribution is 2.26. The van der Waals surface area contributed by atoms with Gasteiger partial charge in [-0.2, -0.15) is 0 Å². The second-order valence-corrected chi connectivity index (χ2v) is 5.87. The Morgan fingerprint density at radius 2 is 2.05 bits per heavy atom. The maximum Gasteiger partial charge on any atom is 0.128 e. The summed E-state index contributed by atoms with van der Waals surface area (Å²) in [7, 11) is 0. The highest BCUT2D eigenvalue weighted by Gasteiger charge is 2.22. The predicted octanol–water partition coefficient (Wildman–Crippen LogP) is 3.06. The van der Waals surface area contributed by atoms with Gasteiger partial charge in [-0.15, -0.1) is 0 Å². The Morgan fingerprint density at radius 1 is 1.32 bits per heavy atom. The first-order valence-corrected chi connectivity index (χ1v) is 7.61. The Morgan fingerprint density at radius 3 is 2.58 bits per heavy atom. The molecule has 2 heterocycles. The Bertz CT molecular complexity index is 364. The van der Waals surface area contributed by atoms with E-state index in [4.69, 9.17) is 0 Å². The average Bonchev–Trinajstić information content (AvgIpc) is 2.46. The quantitative estimate of drug-likeness (QED) is 0.883. The fourth-order valence-corrected chi connectivity index (χ4v) is 2.77. The molecule has 3 nitrogen and oxygen atoms in total. The molecule has 0 aromatic carbocycles. The van der Waals surface area contributed by atoms with Crippen molar-refractivity contribution in [1.29, 1.82) is 0 Å². The molecule has 1 N–H and O–H groups in total. The molecule has 106 valence electrons. The van der Waals surface area contributed by atoms with E-state index in [9.17, 15) is 0 Å². The standard InChI is InChI=1S/C16H27N3/c1-4-17-11-14-5-6-16(18-12-14)19-9-7-15(8-10-19)13(2)3/h5-6,12-13,15,17H,4,7-11H2,1-3H3. The molecular weight excluding hydrogens is 234 g/mol. The Labute approximate surface area is 117 Å². The first-order valence-electron chi connectivity index (χ1n) is 7.61. The summed E-state index contributed by atoms with van der Waals surface area (Å²) < 4.78 is 0. The number of hydrogen-bond donors (Lipinski definition) is 1. The molecular formula is C16H27N3. The van der Waals surface area contributed by atoms with E-state index < -0.39 is 0 Å². The van der Waals surface area contributed by atoms with E-state index in [2.05, 4.69) is 48.1 Å². The smallest absolute Gasteiger partial charge is 0.128 e. The van der Waals surface area contributed by atoms with Crippen molar-refractivity contribution in [3.8, 4) is 0 Å². The van der Waals surface area contributed by atoms with Crippen LogP contribution in [-0.2, 0) is 6.54 Å². The number of piperidine rings is 1. The molecule has 1 fully saturated rings. The number of aromatic nitrogens is 1. The van der Waals surface area contributed by atoms with Crippen LogP contribution in [-0.4, -0.2) is 24.6 Å². The van der Waals surface area contributed by atoms with Crippen LogP contribution in [0.25, 0.3) is 0 Å². The Balaban J connectivity index is 1.89. The molecule has 0 unspecified atom stereocenters. The van der Waals surface area contributed by atoms with Crippen LogP contribution >= 0.6 is 0 Å². The second-order valence-electron chi connectivity index (χ2n) is 5.87. The van der Waals surface area contributed by atoms with Crippen LogP contribution in [0.4, 0.5) is 5.82 Å². The van der Waals surface area contributed by atoms with E-state index in [-0.39, 0.29) is 0 Å². The molecule has 1 saturated heterocycles. The van der Waals surface area contributed by atoms with E-state index in [0.717, 1.165) is 43.8 Å². The number of anilines is 1. The van der Waals surface area contributed by atoms with Crippen LogP contribution < -0.4 is 10.2 Å². The van der Waals surface area contributed by atoms with Crippen LogP contribution in [0.15, 0.2) is 18.3 Å². The summed E-state index contributed by atoms with van der Waals surface area (Å²) in [5, 5.41) is 3.33. The molecule has 0 radical (unpaired) electrons. The molecule has 19 heavy (non-hydrogen) atoms. The summed E-state index contributed by atoms with van der Waals surface area (Å²) in [6.45, 7) is 11.0. The van der Waals surface area contributed by atoms with Crippen molar-refractivity contribution in [2.45, 2.75) is 40.2 Å². The lowest BCUT2D eigenvalue weighted by Gasteiger charge is -2.34.